The van der Waals surface area contributed by atoms with Crippen LogP contribution < -0.4 is 5.32 Å². The van der Waals surface area contributed by atoms with E-state index < -0.39 is 0 Å². The summed E-state index contributed by atoms with van der Waals surface area (Å²) in [4.78, 5) is 0. The summed E-state index contributed by atoms with van der Waals surface area (Å²) < 4.78 is 14.3. The van der Waals surface area contributed by atoms with Crippen molar-refractivity contribution in [1.29, 1.82) is 0 Å². The highest BCUT2D eigenvalue weighted by Gasteiger charge is 2.18. The molecular formula is C19H18FN. The second-order valence-corrected chi connectivity index (χ2v) is 5.32. The fourth-order valence-corrected chi connectivity index (χ4v) is 2.85. The first-order chi connectivity index (χ1) is 10.2. The van der Waals surface area contributed by atoms with E-state index in [0.29, 0.717) is 5.56 Å². The third-order valence-corrected chi connectivity index (χ3v) is 3.89. The van der Waals surface area contributed by atoms with Crippen molar-refractivity contribution in [3.63, 3.8) is 0 Å². The summed E-state index contributed by atoms with van der Waals surface area (Å²) in [6, 6.07) is 19.6. The van der Waals surface area contributed by atoms with E-state index in [0.717, 1.165) is 16.5 Å². The average molecular weight is 279 g/mol. The Balaban J connectivity index is 2.18. The van der Waals surface area contributed by atoms with E-state index >= 15 is 0 Å². The zero-order valence-electron chi connectivity index (χ0n) is 12.2. The third-order valence-electron chi connectivity index (χ3n) is 3.89. The van der Waals surface area contributed by atoms with Crippen LogP contribution in [0.2, 0.25) is 0 Å². The standard InChI is InChI=1S/C19H18FN/c1-13-10-11-17(18(20)12-13)19(21-2)16-9-5-7-14-6-3-4-8-15(14)16/h3-12,19,21H,1-2H3. The molecular weight excluding hydrogens is 261 g/mol. The molecule has 0 aliphatic heterocycles. The van der Waals surface area contributed by atoms with Crippen LogP contribution in [0.3, 0.4) is 0 Å². The molecule has 1 N–H and O–H groups in total. The Labute approximate surface area is 124 Å². The Bertz CT molecular complexity index is 774. The number of benzene rings is 3. The molecule has 1 nitrogen and oxygen atoms in total. The van der Waals surface area contributed by atoms with Gasteiger partial charge < -0.3 is 5.32 Å². The molecule has 0 fully saturated rings. The summed E-state index contributed by atoms with van der Waals surface area (Å²) in [7, 11) is 1.87. The lowest BCUT2D eigenvalue weighted by molar-refractivity contribution is 0.576. The first-order valence-corrected chi connectivity index (χ1v) is 7.11. The van der Waals surface area contributed by atoms with Gasteiger partial charge in [-0.05, 0) is 41.9 Å². The first-order valence-electron chi connectivity index (χ1n) is 7.11. The van der Waals surface area contributed by atoms with E-state index in [1.165, 1.54) is 5.39 Å². The van der Waals surface area contributed by atoms with Crippen molar-refractivity contribution < 1.29 is 4.39 Å². The molecule has 0 aromatic heterocycles. The largest absolute Gasteiger partial charge is 0.309 e. The molecule has 0 saturated carbocycles. The highest BCUT2D eigenvalue weighted by molar-refractivity contribution is 5.86. The van der Waals surface area contributed by atoms with E-state index in [9.17, 15) is 4.39 Å². The maximum atomic E-state index is 14.3. The number of fused-ring (bicyclic) bond motifs is 1. The lowest BCUT2D eigenvalue weighted by Crippen LogP contribution is -2.19. The van der Waals surface area contributed by atoms with E-state index in [1.807, 2.05) is 44.3 Å². The molecule has 3 aromatic carbocycles. The molecule has 1 atom stereocenters. The molecule has 2 heteroatoms. The van der Waals surface area contributed by atoms with E-state index in [1.54, 1.807) is 6.07 Å². The predicted octanol–water partition coefficient (Wildman–Crippen LogP) is 4.60. The fraction of sp³-hybridized carbons (Fsp3) is 0.158. The first kappa shape index (κ1) is 13.8. The van der Waals surface area contributed by atoms with Gasteiger partial charge in [0.05, 0.1) is 6.04 Å². The minimum absolute atomic E-state index is 0.156. The van der Waals surface area contributed by atoms with Gasteiger partial charge in [0, 0.05) is 5.56 Å². The summed E-state index contributed by atoms with van der Waals surface area (Å²) in [6.07, 6.45) is 0. The maximum Gasteiger partial charge on any atom is 0.128 e. The monoisotopic (exact) mass is 279 g/mol. The van der Waals surface area contributed by atoms with Gasteiger partial charge in [-0.1, -0.05) is 54.6 Å². The molecule has 1 unspecified atom stereocenters. The zero-order chi connectivity index (χ0) is 14.8. The van der Waals surface area contributed by atoms with Crippen molar-refractivity contribution in [2.75, 3.05) is 7.05 Å². The van der Waals surface area contributed by atoms with Gasteiger partial charge in [0.15, 0.2) is 0 Å². The van der Waals surface area contributed by atoms with E-state index in [-0.39, 0.29) is 11.9 Å². The predicted molar refractivity (Wildman–Crippen MR) is 86.0 cm³/mol. The number of nitrogens with one attached hydrogen (secondary N) is 1. The Kier molecular flexibility index (Phi) is 3.72. The van der Waals surface area contributed by atoms with Crippen LogP contribution in [-0.4, -0.2) is 7.05 Å². The van der Waals surface area contributed by atoms with Crippen LogP contribution in [-0.2, 0) is 0 Å². The molecule has 3 aromatic rings. The molecule has 0 amide bonds. The van der Waals surface area contributed by atoms with Gasteiger partial charge in [0.1, 0.15) is 5.82 Å². The minimum Gasteiger partial charge on any atom is -0.309 e. The minimum atomic E-state index is -0.165. The molecule has 106 valence electrons. The zero-order valence-corrected chi connectivity index (χ0v) is 12.2. The Morgan fingerprint density at radius 2 is 1.67 bits per heavy atom. The van der Waals surface area contributed by atoms with Crippen molar-refractivity contribution in [2.45, 2.75) is 13.0 Å². The van der Waals surface area contributed by atoms with Gasteiger partial charge in [0.25, 0.3) is 0 Å². The van der Waals surface area contributed by atoms with Crippen LogP contribution in [0.15, 0.2) is 60.7 Å². The summed E-state index contributed by atoms with van der Waals surface area (Å²) in [5, 5.41) is 5.57. The van der Waals surface area contributed by atoms with Crippen LogP contribution >= 0.6 is 0 Å². The smallest absolute Gasteiger partial charge is 0.128 e. The number of rotatable bonds is 3. The van der Waals surface area contributed by atoms with Crippen molar-refractivity contribution >= 4 is 10.8 Å². The molecule has 0 aliphatic rings. The molecule has 0 bridgehead atoms. The van der Waals surface area contributed by atoms with Crippen molar-refractivity contribution in [3.8, 4) is 0 Å². The van der Waals surface area contributed by atoms with Crippen LogP contribution in [0.1, 0.15) is 22.7 Å². The van der Waals surface area contributed by atoms with Crippen LogP contribution in [0, 0.1) is 12.7 Å². The highest BCUT2D eigenvalue weighted by Crippen LogP contribution is 2.30. The number of hydrogen-bond donors (Lipinski definition) is 1. The van der Waals surface area contributed by atoms with Gasteiger partial charge in [0.2, 0.25) is 0 Å². The van der Waals surface area contributed by atoms with Crippen molar-refractivity contribution in [2.24, 2.45) is 0 Å². The van der Waals surface area contributed by atoms with E-state index in [4.69, 9.17) is 0 Å². The van der Waals surface area contributed by atoms with Crippen LogP contribution in [0.4, 0.5) is 4.39 Å². The quantitative estimate of drug-likeness (QED) is 0.739. The number of hydrogen-bond acceptors (Lipinski definition) is 1. The SMILES string of the molecule is CNC(c1ccc(C)cc1F)c1cccc2ccccc12. The lowest BCUT2D eigenvalue weighted by atomic mass is 9.93. The third kappa shape index (κ3) is 2.55. The molecule has 0 heterocycles. The lowest BCUT2D eigenvalue weighted by Gasteiger charge is -2.20. The maximum absolute atomic E-state index is 14.3. The number of aryl methyl sites for hydroxylation is 1. The molecule has 0 saturated heterocycles. The van der Waals surface area contributed by atoms with Gasteiger partial charge in [-0.25, -0.2) is 4.39 Å². The Morgan fingerprint density at radius 3 is 2.43 bits per heavy atom. The second kappa shape index (κ2) is 5.66. The number of halogens is 1. The molecule has 21 heavy (non-hydrogen) atoms. The van der Waals surface area contributed by atoms with Crippen LogP contribution in [0.25, 0.3) is 10.8 Å². The summed E-state index contributed by atoms with van der Waals surface area (Å²) in [5.41, 5.74) is 2.71. The Hall–Kier alpha value is -2.19. The second-order valence-electron chi connectivity index (χ2n) is 5.32. The fourth-order valence-electron chi connectivity index (χ4n) is 2.85. The normalized spacial score (nSPS) is 12.5. The van der Waals surface area contributed by atoms with Gasteiger partial charge in [-0.15, -0.1) is 0 Å². The van der Waals surface area contributed by atoms with Gasteiger partial charge in [-0.2, -0.15) is 0 Å². The van der Waals surface area contributed by atoms with E-state index in [2.05, 4.69) is 29.6 Å². The van der Waals surface area contributed by atoms with Gasteiger partial charge >= 0.3 is 0 Å². The highest BCUT2D eigenvalue weighted by atomic mass is 19.1. The molecule has 0 spiro atoms. The van der Waals surface area contributed by atoms with Crippen LogP contribution in [0.5, 0.6) is 0 Å². The van der Waals surface area contributed by atoms with Crippen molar-refractivity contribution in [3.05, 3.63) is 83.2 Å². The molecule has 3 rings (SSSR count). The topological polar surface area (TPSA) is 12.0 Å². The average Bonchev–Trinajstić information content (AvgIpc) is 2.50. The summed E-state index contributed by atoms with van der Waals surface area (Å²) >= 11 is 0. The summed E-state index contributed by atoms with van der Waals surface area (Å²) in [6.45, 7) is 1.90. The molecule has 0 radical (unpaired) electrons. The summed E-state index contributed by atoms with van der Waals surface area (Å²) in [5.74, 6) is -0.165. The molecule has 0 aliphatic carbocycles. The van der Waals surface area contributed by atoms with Crippen molar-refractivity contribution in [1.82, 2.24) is 5.32 Å². The Morgan fingerprint density at radius 1 is 0.905 bits per heavy atom. The van der Waals surface area contributed by atoms with Gasteiger partial charge in [-0.3, -0.25) is 0 Å².